The maximum atomic E-state index is 11.6. The summed E-state index contributed by atoms with van der Waals surface area (Å²) in [6, 6.07) is 0.110. The largest absolute Gasteiger partial charge is 0.356 e. The number of nitrogens with one attached hydrogen (secondary N) is 1. The molecule has 0 aliphatic carbocycles. The molecule has 0 saturated carbocycles. The predicted molar refractivity (Wildman–Crippen MR) is 76.4 cm³/mol. The monoisotopic (exact) mass is 264 g/mol. The van der Waals surface area contributed by atoms with Crippen molar-refractivity contribution in [2.75, 3.05) is 6.54 Å². The maximum Gasteiger partial charge on any atom is 0.220 e. The van der Waals surface area contributed by atoms with Gasteiger partial charge in [0.05, 0.1) is 0 Å². The van der Waals surface area contributed by atoms with E-state index in [1.807, 2.05) is 6.92 Å². The number of halogens is 1. The Morgan fingerprint density at radius 2 is 1.71 bits per heavy atom. The van der Waals surface area contributed by atoms with Gasteiger partial charge in [-0.2, -0.15) is 0 Å². The molecule has 0 bridgehead atoms. The lowest BCUT2D eigenvalue weighted by Crippen LogP contribution is -2.37. The van der Waals surface area contributed by atoms with Crippen LogP contribution in [0.15, 0.2) is 0 Å². The number of hydrogen-bond acceptors (Lipinski definition) is 2. The first-order valence-corrected chi connectivity index (χ1v) is 6.52. The van der Waals surface area contributed by atoms with E-state index in [1.54, 1.807) is 0 Å². The molecular weight excluding hydrogens is 236 g/mol. The Morgan fingerprint density at radius 1 is 1.24 bits per heavy atom. The van der Waals surface area contributed by atoms with Gasteiger partial charge in [-0.05, 0) is 38.0 Å². The van der Waals surface area contributed by atoms with Crippen LogP contribution >= 0.6 is 12.4 Å². The third-order valence-electron chi connectivity index (χ3n) is 3.74. The van der Waals surface area contributed by atoms with Gasteiger partial charge in [-0.3, -0.25) is 4.79 Å². The quantitative estimate of drug-likeness (QED) is 0.708. The van der Waals surface area contributed by atoms with E-state index in [1.165, 1.54) is 0 Å². The number of carbonyl (C=O) groups excluding carboxylic acids is 1. The molecule has 0 aromatic carbocycles. The van der Waals surface area contributed by atoms with Gasteiger partial charge in [-0.15, -0.1) is 12.4 Å². The molecule has 0 rings (SSSR count). The highest BCUT2D eigenvalue weighted by atomic mass is 35.5. The van der Waals surface area contributed by atoms with E-state index in [4.69, 9.17) is 5.73 Å². The molecule has 0 aromatic rings. The molecule has 3 nitrogen and oxygen atoms in total. The summed E-state index contributed by atoms with van der Waals surface area (Å²) in [5.74, 6) is 0.136. The number of rotatable bonds is 8. The van der Waals surface area contributed by atoms with Crippen LogP contribution in [-0.4, -0.2) is 18.5 Å². The average Bonchev–Trinajstić information content (AvgIpc) is 2.29. The lowest BCUT2D eigenvalue weighted by Gasteiger charge is -2.30. The average molecular weight is 265 g/mol. The molecule has 1 unspecified atom stereocenters. The Bertz CT molecular complexity index is 195. The van der Waals surface area contributed by atoms with Crippen LogP contribution in [0.25, 0.3) is 0 Å². The van der Waals surface area contributed by atoms with Crippen LogP contribution in [0, 0.1) is 5.41 Å². The maximum absolute atomic E-state index is 11.6. The first-order valence-electron chi connectivity index (χ1n) is 6.52. The number of amides is 1. The summed E-state index contributed by atoms with van der Waals surface area (Å²) in [4.78, 5) is 11.6. The molecule has 104 valence electrons. The Kier molecular flexibility index (Phi) is 10.9. The third-order valence-corrected chi connectivity index (χ3v) is 3.74. The molecule has 0 radical (unpaired) electrons. The normalized spacial score (nSPS) is 12.8. The van der Waals surface area contributed by atoms with Gasteiger partial charge in [0.15, 0.2) is 0 Å². The predicted octanol–water partition coefficient (Wildman–Crippen LogP) is 2.87. The van der Waals surface area contributed by atoms with Gasteiger partial charge >= 0.3 is 0 Å². The van der Waals surface area contributed by atoms with Gasteiger partial charge < -0.3 is 11.1 Å². The van der Waals surface area contributed by atoms with E-state index in [2.05, 4.69) is 26.1 Å². The van der Waals surface area contributed by atoms with Gasteiger partial charge in [-0.25, -0.2) is 0 Å². The molecule has 1 atom stereocenters. The SMILES string of the molecule is CCC(CC)(CC)CNC(=O)CCC(C)N.Cl. The summed E-state index contributed by atoms with van der Waals surface area (Å²) in [7, 11) is 0. The Hall–Kier alpha value is -0.280. The summed E-state index contributed by atoms with van der Waals surface area (Å²) in [6.45, 7) is 9.32. The second kappa shape index (κ2) is 9.72. The van der Waals surface area contributed by atoms with Gasteiger partial charge in [0, 0.05) is 19.0 Å². The summed E-state index contributed by atoms with van der Waals surface area (Å²) >= 11 is 0. The first-order chi connectivity index (χ1) is 7.49. The molecule has 17 heavy (non-hydrogen) atoms. The number of nitrogens with two attached hydrogens (primary N) is 1. The Morgan fingerprint density at radius 3 is 2.06 bits per heavy atom. The zero-order chi connectivity index (χ0) is 12.6. The second-order valence-corrected chi connectivity index (χ2v) is 4.85. The first kappa shape index (κ1) is 19.1. The van der Waals surface area contributed by atoms with Crippen molar-refractivity contribution in [2.45, 2.75) is 65.8 Å². The van der Waals surface area contributed by atoms with E-state index in [-0.39, 0.29) is 29.8 Å². The standard InChI is InChI=1S/C13H28N2O.ClH/c1-5-13(6-2,7-3)10-15-12(16)9-8-11(4)14;/h11H,5-10,14H2,1-4H3,(H,15,16);1H. The molecule has 0 aromatic heterocycles. The fourth-order valence-corrected chi connectivity index (χ4v) is 1.86. The van der Waals surface area contributed by atoms with Crippen LogP contribution in [0.2, 0.25) is 0 Å². The Labute approximate surface area is 112 Å². The molecule has 0 saturated heterocycles. The molecule has 0 spiro atoms. The van der Waals surface area contributed by atoms with Crippen molar-refractivity contribution in [1.29, 1.82) is 0 Å². The fourth-order valence-electron chi connectivity index (χ4n) is 1.86. The van der Waals surface area contributed by atoms with Crippen LogP contribution in [0.4, 0.5) is 0 Å². The van der Waals surface area contributed by atoms with Gasteiger partial charge in [0.1, 0.15) is 0 Å². The van der Waals surface area contributed by atoms with Gasteiger partial charge in [-0.1, -0.05) is 20.8 Å². The summed E-state index contributed by atoms with van der Waals surface area (Å²) in [5, 5.41) is 3.04. The fraction of sp³-hybridized carbons (Fsp3) is 0.923. The number of hydrogen-bond donors (Lipinski definition) is 2. The van der Waals surface area contributed by atoms with E-state index in [0.717, 1.165) is 32.2 Å². The van der Waals surface area contributed by atoms with E-state index >= 15 is 0 Å². The minimum Gasteiger partial charge on any atom is -0.356 e. The minimum absolute atomic E-state index is 0. The van der Waals surface area contributed by atoms with Crippen molar-refractivity contribution < 1.29 is 4.79 Å². The molecule has 1 amide bonds. The highest BCUT2D eigenvalue weighted by molar-refractivity contribution is 5.85. The summed E-state index contributed by atoms with van der Waals surface area (Å²) in [5.41, 5.74) is 5.90. The van der Waals surface area contributed by atoms with E-state index in [0.29, 0.717) is 6.42 Å². The summed E-state index contributed by atoms with van der Waals surface area (Å²) in [6.07, 6.45) is 4.67. The van der Waals surface area contributed by atoms with Gasteiger partial charge in [0.25, 0.3) is 0 Å². The molecule has 0 heterocycles. The molecule has 0 fully saturated rings. The molecule has 0 aliphatic rings. The van der Waals surface area contributed by atoms with Crippen LogP contribution in [0.5, 0.6) is 0 Å². The summed E-state index contributed by atoms with van der Waals surface area (Å²) < 4.78 is 0. The number of carbonyl (C=O) groups is 1. The lowest BCUT2D eigenvalue weighted by atomic mass is 9.80. The zero-order valence-electron chi connectivity index (χ0n) is 11.7. The van der Waals surface area contributed by atoms with E-state index < -0.39 is 0 Å². The van der Waals surface area contributed by atoms with Crippen LogP contribution in [0.3, 0.4) is 0 Å². The topological polar surface area (TPSA) is 55.1 Å². The van der Waals surface area contributed by atoms with E-state index in [9.17, 15) is 4.79 Å². The van der Waals surface area contributed by atoms with Crippen molar-refractivity contribution in [3.8, 4) is 0 Å². The van der Waals surface area contributed by atoms with Crippen LogP contribution in [-0.2, 0) is 4.79 Å². The van der Waals surface area contributed by atoms with Crippen molar-refractivity contribution in [3.05, 3.63) is 0 Å². The zero-order valence-corrected chi connectivity index (χ0v) is 12.5. The lowest BCUT2D eigenvalue weighted by molar-refractivity contribution is -0.121. The van der Waals surface area contributed by atoms with Crippen LogP contribution < -0.4 is 11.1 Å². The molecule has 4 heteroatoms. The van der Waals surface area contributed by atoms with Crippen molar-refractivity contribution in [2.24, 2.45) is 11.1 Å². The molecule has 0 aliphatic heterocycles. The highest BCUT2D eigenvalue weighted by Gasteiger charge is 2.24. The molecule has 3 N–H and O–H groups in total. The second-order valence-electron chi connectivity index (χ2n) is 4.85. The van der Waals surface area contributed by atoms with Gasteiger partial charge in [0.2, 0.25) is 5.91 Å². The van der Waals surface area contributed by atoms with Crippen LogP contribution in [0.1, 0.15) is 59.8 Å². The highest BCUT2D eigenvalue weighted by Crippen LogP contribution is 2.29. The van der Waals surface area contributed by atoms with Crippen molar-refractivity contribution >= 4 is 18.3 Å². The smallest absolute Gasteiger partial charge is 0.220 e. The Balaban J connectivity index is 0. The van der Waals surface area contributed by atoms with Crippen molar-refractivity contribution in [3.63, 3.8) is 0 Å². The third kappa shape index (κ3) is 7.61. The molecular formula is C13H29ClN2O. The van der Waals surface area contributed by atoms with Crippen molar-refractivity contribution in [1.82, 2.24) is 5.32 Å². The minimum atomic E-state index is 0.